The molecule has 0 aliphatic carbocycles. The highest BCUT2D eigenvalue weighted by molar-refractivity contribution is 5.95. The molecule has 0 aromatic carbocycles. The van der Waals surface area contributed by atoms with Crippen molar-refractivity contribution in [2.45, 2.75) is 13.3 Å². The van der Waals surface area contributed by atoms with Gasteiger partial charge >= 0.3 is 0 Å². The van der Waals surface area contributed by atoms with E-state index in [1.807, 2.05) is 0 Å². The van der Waals surface area contributed by atoms with Gasteiger partial charge in [0.2, 0.25) is 5.91 Å². The standard InChI is InChI=1S/C10H13N3O3/c1-7-5-8(12-16-7)10(15)13-4-2-3-11-9(14)6-13/h5H,2-4,6H2,1H3,(H,11,14). The second kappa shape index (κ2) is 4.34. The van der Waals surface area contributed by atoms with Crippen LogP contribution in [0, 0.1) is 6.92 Å². The Bertz CT molecular complexity index is 413. The highest BCUT2D eigenvalue weighted by atomic mass is 16.5. The maximum Gasteiger partial charge on any atom is 0.276 e. The van der Waals surface area contributed by atoms with E-state index in [1.54, 1.807) is 13.0 Å². The molecular weight excluding hydrogens is 210 g/mol. The summed E-state index contributed by atoms with van der Waals surface area (Å²) in [5.41, 5.74) is 0.257. The van der Waals surface area contributed by atoms with Crippen molar-refractivity contribution in [1.82, 2.24) is 15.4 Å². The van der Waals surface area contributed by atoms with Crippen LogP contribution in [0.1, 0.15) is 22.7 Å². The van der Waals surface area contributed by atoms with E-state index < -0.39 is 0 Å². The molecule has 0 saturated carbocycles. The molecule has 0 unspecified atom stereocenters. The summed E-state index contributed by atoms with van der Waals surface area (Å²) in [7, 11) is 0. The minimum atomic E-state index is -0.256. The monoisotopic (exact) mass is 223 g/mol. The van der Waals surface area contributed by atoms with Gasteiger partial charge in [0.25, 0.3) is 5.91 Å². The second-order valence-corrected chi connectivity index (χ2v) is 3.75. The van der Waals surface area contributed by atoms with Gasteiger partial charge in [-0.1, -0.05) is 5.16 Å². The Morgan fingerprint density at radius 1 is 1.62 bits per heavy atom. The number of amides is 2. The fourth-order valence-corrected chi connectivity index (χ4v) is 1.61. The summed E-state index contributed by atoms with van der Waals surface area (Å²) in [6.45, 7) is 2.98. The molecule has 6 heteroatoms. The maximum absolute atomic E-state index is 11.9. The molecule has 1 aliphatic heterocycles. The fraction of sp³-hybridized carbons (Fsp3) is 0.500. The molecule has 2 rings (SSSR count). The van der Waals surface area contributed by atoms with Crippen molar-refractivity contribution in [3.8, 4) is 0 Å². The third-order valence-electron chi connectivity index (χ3n) is 2.40. The van der Waals surface area contributed by atoms with Gasteiger partial charge in [-0.25, -0.2) is 0 Å². The lowest BCUT2D eigenvalue weighted by Crippen LogP contribution is -2.37. The van der Waals surface area contributed by atoms with Crippen LogP contribution in [0.4, 0.5) is 0 Å². The molecule has 2 amide bonds. The Balaban J connectivity index is 2.11. The third-order valence-corrected chi connectivity index (χ3v) is 2.40. The highest BCUT2D eigenvalue weighted by Crippen LogP contribution is 2.07. The normalized spacial score (nSPS) is 16.8. The van der Waals surface area contributed by atoms with Crippen molar-refractivity contribution < 1.29 is 14.1 Å². The summed E-state index contributed by atoms with van der Waals surface area (Å²) in [6, 6.07) is 1.57. The molecule has 1 fully saturated rings. The van der Waals surface area contributed by atoms with E-state index in [1.165, 1.54) is 4.90 Å². The van der Waals surface area contributed by atoms with Crippen LogP contribution < -0.4 is 5.32 Å². The van der Waals surface area contributed by atoms with Crippen LogP contribution in [0.15, 0.2) is 10.6 Å². The van der Waals surface area contributed by atoms with Crippen molar-refractivity contribution in [1.29, 1.82) is 0 Å². The van der Waals surface area contributed by atoms with Crippen LogP contribution in [0.3, 0.4) is 0 Å². The molecule has 16 heavy (non-hydrogen) atoms. The van der Waals surface area contributed by atoms with E-state index in [2.05, 4.69) is 10.5 Å². The molecule has 1 saturated heterocycles. The average Bonchev–Trinajstić information content (AvgIpc) is 2.56. The van der Waals surface area contributed by atoms with E-state index >= 15 is 0 Å². The molecule has 2 heterocycles. The molecule has 1 aromatic rings. The Morgan fingerprint density at radius 2 is 2.44 bits per heavy atom. The van der Waals surface area contributed by atoms with Crippen LogP contribution in [0.25, 0.3) is 0 Å². The minimum absolute atomic E-state index is 0.0880. The smallest absolute Gasteiger partial charge is 0.276 e. The molecule has 1 aliphatic rings. The summed E-state index contributed by atoms with van der Waals surface area (Å²) in [4.78, 5) is 24.7. The number of carbonyl (C=O) groups excluding carboxylic acids is 2. The van der Waals surface area contributed by atoms with E-state index in [-0.39, 0.29) is 24.1 Å². The van der Waals surface area contributed by atoms with Gasteiger partial charge in [-0.05, 0) is 13.3 Å². The second-order valence-electron chi connectivity index (χ2n) is 3.75. The van der Waals surface area contributed by atoms with E-state index in [9.17, 15) is 9.59 Å². The van der Waals surface area contributed by atoms with Gasteiger partial charge in [0.1, 0.15) is 5.76 Å². The largest absolute Gasteiger partial charge is 0.361 e. The molecule has 86 valence electrons. The van der Waals surface area contributed by atoms with E-state index in [4.69, 9.17) is 4.52 Å². The molecule has 6 nitrogen and oxygen atoms in total. The summed E-state index contributed by atoms with van der Waals surface area (Å²) in [5.74, 6) is 0.197. The maximum atomic E-state index is 11.9. The zero-order chi connectivity index (χ0) is 11.5. The van der Waals surface area contributed by atoms with E-state index in [0.29, 0.717) is 18.8 Å². The first-order valence-electron chi connectivity index (χ1n) is 5.16. The zero-order valence-electron chi connectivity index (χ0n) is 9.02. The van der Waals surface area contributed by atoms with Crippen LogP contribution >= 0.6 is 0 Å². The van der Waals surface area contributed by atoms with Gasteiger partial charge in [0, 0.05) is 19.2 Å². The number of hydrogen-bond acceptors (Lipinski definition) is 4. The zero-order valence-corrected chi connectivity index (χ0v) is 9.02. The highest BCUT2D eigenvalue weighted by Gasteiger charge is 2.23. The Hall–Kier alpha value is -1.85. The first-order chi connectivity index (χ1) is 7.66. The van der Waals surface area contributed by atoms with Gasteiger partial charge in [-0.15, -0.1) is 0 Å². The lowest BCUT2D eigenvalue weighted by molar-refractivity contribution is -0.121. The first-order valence-corrected chi connectivity index (χ1v) is 5.16. The Labute approximate surface area is 92.6 Å². The van der Waals surface area contributed by atoms with Crippen molar-refractivity contribution in [2.75, 3.05) is 19.6 Å². The average molecular weight is 223 g/mol. The van der Waals surface area contributed by atoms with Crippen LogP contribution in [-0.4, -0.2) is 41.5 Å². The number of aryl methyl sites for hydroxylation is 1. The van der Waals surface area contributed by atoms with Crippen LogP contribution in [-0.2, 0) is 4.79 Å². The molecule has 0 radical (unpaired) electrons. The van der Waals surface area contributed by atoms with E-state index in [0.717, 1.165) is 6.42 Å². The summed E-state index contributed by atoms with van der Waals surface area (Å²) in [5, 5.41) is 6.36. The lowest BCUT2D eigenvalue weighted by Gasteiger charge is -2.16. The minimum Gasteiger partial charge on any atom is -0.361 e. The number of nitrogens with zero attached hydrogens (tertiary/aromatic N) is 2. The SMILES string of the molecule is Cc1cc(C(=O)N2CCCNC(=O)C2)no1. The molecule has 0 bridgehead atoms. The van der Waals surface area contributed by atoms with Gasteiger partial charge in [0.15, 0.2) is 5.69 Å². The van der Waals surface area contributed by atoms with Gasteiger partial charge in [-0.2, -0.15) is 0 Å². The number of carbonyl (C=O) groups is 2. The number of aromatic nitrogens is 1. The van der Waals surface area contributed by atoms with Gasteiger partial charge < -0.3 is 14.7 Å². The summed E-state index contributed by atoms with van der Waals surface area (Å²) in [6.07, 6.45) is 0.758. The Morgan fingerprint density at radius 3 is 3.12 bits per heavy atom. The van der Waals surface area contributed by atoms with Crippen LogP contribution in [0.2, 0.25) is 0 Å². The van der Waals surface area contributed by atoms with Crippen molar-refractivity contribution in [3.63, 3.8) is 0 Å². The molecular formula is C10H13N3O3. The van der Waals surface area contributed by atoms with Gasteiger partial charge in [0.05, 0.1) is 6.54 Å². The molecule has 0 spiro atoms. The lowest BCUT2D eigenvalue weighted by atomic mass is 10.3. The summed E-state index contributed by atoms with van der Waals surface area (Å²) < 4.78 is 4.84. The Kier molecular flexibility index (Phi) is 2.89. The first kappa shape index (κ1) is 10.7. The van der Waals surface area contributed by atoms with Crippen molar-refractivity contribution in [2.24, 2.45) is 0 Å². The number of hydrogen-bond donors (Lipinski definition) is 1. The van der Waals surface area contributed by atoms with Crippen LogP contribution in [0.5, 0.6) is 0 Å². The molecule has 1 aromatic heterocycles. The molecule has 1 N–H and O–H groups in total. The predicted molar refractivity (Wildman–Crippen MR) is 54.8 cm³/mol. The number of rotatable bonds is 1. The predicted octanol–water partition coefficient (Wildman–Crippen LogP) is -0.0549. The topological polar surface area (TPSA) is 75.4 Å². The van der Waals surface area contributed by atoms with Crippen molar-refractivity contribution >= 4 is 11.8 Å². The quantitative estimate of drug-likeness (QED) is 0.724. The van der Waals surface area contributed by atoms with Gasteiger partial charge in [-0.3, -0.25) is 9.59 Å². The third kappa shape index (κ3) is 2.21. The molecule has 0 atom stereocenters. The number of nitrogens with one attached hydrogen (secondary N) is 1. The summed E-state index contributed by atoms with van der Waals surface area (Å²) >= 11 is 0. The fourth-order valence-electron chi connectivity index (χ4n) is 1.61. The van der Waals surface area contributed by atoms with Crippen molar-refractivity contribution in [3.05, 3.63) is 17.5 Å².